The molecule has 1 heterocycles. The number of ether oxygens (including phenoxy) is 1. The van der Waals surface area contributed by atoms with Crippen LogP contribution < -0.4 is 4.74 Å². The molecule has 0 radical (unpaired) electrons. The predicted molar refractivity (Wildman–Crippen MR) is 96.1 cm³/mol. The van der Waals surface area contributed by atoms with E-state index in [-0.39, 0.29) is 11.5 Å². The molecule has 0 unspecified atom stereocenters. The molecule has 132 valence electrons. The fourth-order valence-electron chi connectivity index (χ4n) is 4.06. The lowest BCUT2D eigenvalue weighted by atomic mass is 9.81. The first-order valence-corrected chi connectivity index (χ1v) is 9.24. The molecule has 1 aromatic carbocycles. The maximum absolute atomic E-state index is 12.6. The summed E-state index contributed by atoms with van der Waals surface area (Å²) < 4.78 is 6.56. The molecule has 1 saturated carbocycles. The van der Waals surface area contributed by atoms with Gasteiger partial charge in [0.1, 0.15) is 11.4 Å². The number of fused-ring (bicyclic) bond motifs is 1. The van der Waals surface area contributed by atoms with Crippen LogP contribution in [0.3, 0.4) is 0 Å². The zero-order valence-electron chi connectivity index (χ0n) is 15.3. The average molecular weight is 330 g/mol. The van der Waals surface area contributed by atoms with Gasteiger partial charge in [-0.3, -0.25) is 4.79 Å². The number of hydrogen-bond donors (Lipinski definition) is 0. The van der Waals surface area contributed by atoms with Crippen molar-refractivity contribution in [2.24, 2.45) is 0 Å². The Kier molecular flexibility index (Phi) is 5.14. The van der Waals surface area contributed by atoms with Crippen molar-refractivity contribution in [2.75, 3.05) is 20.6 Å². The van der Waals surface area contributed by atoms with Gasteiger partial charge in [0, 0.05) is 24.6 Å². The Morgan fingerprint density at radius 3 is 2.67 bits per heavy atom. The number of carbonyl (C=O) groups excluding carboxylic acids is 1. The largest absolute Gasteiger partial charge is 0.485 e. The third kappa shape index (κ3) is 3.59. The van der Waals surface area contributed by atoms with E-state index in [2.05, 4.69) is 38.1 Å². The highest BCUT2D eigenvalue weighted by molar-refractivity contribution is 5.76. The Hall–Kier alpha value is -1.55. The van der Waals surface area contributed by atoms with Crippen LogP contribution in [-0.4, -0.2) is 48.0 Å². The molecule has 0 aromatic heterocycles. The van der Waals surface area contributed by atoms with Crippen molar-refractivity contribution < 1.29 is 9.53 Å². The van der Waals surface area contributed by atoms with Crippen molar-refractivity contribution in [3.8, 4) is 5.75 Å². The summed E-state index contributed by atoms with van der Waals surface area (Å²) in [6.07, 6.45) is 5.81. The molecular weight excluding hydrogens is 300 g/mol. The van der Waals surface area contributed by atoms with Crippen LogP contribution in [0.1, 0.15) is 51.0 Å². The van der Waals surface area contributed by atoms with Gasteiger partial charge in [-0.1, -0.05) is 25.1 Å². The second-order valence-electron chi connectivity index (χ2n) is 7.59. The highest BCUT2D eigenvalue weighted by Gasteiger charge is 2.42. The number of hydrogen-bond acceptors (Lipinski definition) is 3. The molecule has 24 heavy (non-hydrogen) atoms. The van der Waals surface area contributed by atoms with Gasteiger partial charge in [0.05, 0.1) is 6.54 Å². The molecule has 1 fully saturated rings. The normalized spacial score (nSPS) is 26.8. The van der Waals surface area contributed by atoms with E-state index in [4.69, 9.17) is 4.74 Å². The topological polar surface area (TPSA) is 32.8 Å². The molecule has 0 N–H and O–H groups in total. The zero-order chi connectivity index (χ0) is 17.2. The van der Waals surface area contributed by atoms with Gasteiger partial charge in [-0.2, -0.15) is 0 Å². The fraction of sp³-hybridized carbons (Fsp3) is 0.650. The monoisotopic (exact) mass is 330 g/mol. The van der Waals surface area contributed by atoms with Crippen LogP contribution in [0.25, 0.3) is 0 Å². The predicted octanol–water partition coefficient (Wildman–Crippen LogP) is 3.45. The van der Waals surface area contributed by atoms with Gasteiger partial charge >= 0.3 is 0 Å². The Balaban J connectivity index is 1.85. The van der Waals surface area contributed by atoms with E-state index in [0.29, 0.717) is 19.0 Å². The Labute approximate surface area is 145 Å². The lowest BCUT2D eigenvalue weighted by Gasteiger charge is -2.43. The summed E-state index contributed by atoms with van der Waals surface area (Å²) in [5.74, 6) is 1.22. The van der Waals surface area contributed by atoms with Gasteiger partial charge in [-0.15, -0.1) is 0 Å². The summed E-state index contributed by atoms with van der Waals surface area (Å²) in [5.41, 5.74) is 0.913. The summed E-state index contributed by atoms with van der Waals surface area (Å²) >= 11 is 0. The van der Waals surface area contributed by atoms with Crippen molar-refractivity contribution in [3.05, 3.63) is 29.8 Å². The summed E-state index contributed by atoms with van der Waals surface area (Å²) in [7, 11) is 4.31. The van der Waals surface area contributed by atoms with Crippen LogP contribution in [0.15, 0.2) is 24.3 Å². The van der Waals surface area contributed by atoms with E-state index < -0.39 is 0 Å². The van der Waals surface area contributed by atoms with Gasteiger partial charge in [0.15, 0.2) is 0 Å². The SMILES string of the molecule is CCCC(=O)N1Cc2ccccc2OC2(CCC(N(C)C)CC2)C1. The van der Waals surface area contributed by atoms with Crippen molar-refractivity contribution in [3.63, 3.8) is 0 Å². The lowest BCUT2D eigenvalue weighted by molar-refractivity contribution is -0.135. The lowest BCUT2D eigenvalue weighted by Crippen LogP contribution is -2.51. The number of amides is 1. The summed E-state index contributed by atoms with van der Waals surface area (Å²) in [6, 6.07) is 8.83. The van der Waals surface area contributed by atoms with Crippen LogP contribution in [0, 0.1) is 0 Å². The molecule has 1 aliphatic heterocycles. The first-order chi connectivity index (χ1) is 11.5. The molecule has 1 aromatic rings. The summed E-state index contributed by atoms with van der Waals surface area (Å²) in [6.45, 7) is 3.47. The molecule has 1 aliphatic carbocycles. The van der Waals surface area contributed by atoms with Crippen LogP contribution in [0.2, 0.25) is 0 Å². The van der Waals surface area contributed by atoms with Crippen LogP contribution >= 0.6 is 0 Å². The standard InChI is InChI=1S/C20H30N2O2/c1-4-7-19(23)22-14-16-8-5-6-9-18(16)24-20(15-22)12-10-17(11-13-20)21(2)3/h5-6,8-9,17H,4,7,10-15H2,1-3H3. The quantitative estimate of drug-likeness (QED) is 0.851. The van der Waals surface area contributed by atoms with Gasteiger partial charge < -0.3 is 14.5 Å². The zero-order valence-corrected chi connectivity index (χ0v) is 15.3. The number of rotatable bonds is 3. The number of nitrogens with zero attached hydrogens (tertiary/aromatic N) is 2. The van der Waals surface area contributed by atoms with E-state index in [9.17, 15) is 4.79 Å². The molecular formula is C20H30N2O2. The van der Waals surface area contributed by atoms with Crippen molar-refractivity contribution in [1.82, 2.24) is 9.80 Å². The van der Waals surface area contributed by atoms with Crippen molar-refractivity contribution >= 4 is 5.91 Å². The van der Waals surface area contributed by atoms with Gasteiger partial charge in [-0.25, -0.2) is 0 Å². The minimum Gasteiger partial charge on any atom is -0.485 e. The average Bonchev–Trinajstić information content (AvgIpc) is 2.72. The van der Waals surface area contributed by atoms with E-state index in [1.165, 1.54) is 0 Å². The van der Waals surface area contributed by atoms with Crippen molar-refractivity contribution in [2.45, 2.75) is 63.6 Å². The number of carbonyl (C=O) groups is 1. The molecule has 4 heteroatoms. The van der Waals surface area contributed by atoms with E-state index in [1.807, 2.05) is 17.0 Å². The molecule has 3 rings (SSSR count). The summed E-state index contributed by atoms with van der Waals surface area (Å²) in [4.78, 5) is 17.0. The Morgan fingerprint density at radius 1 is 1.29 bits per heavy atom. The number of benzene rings is 1. The van der Waals surface area contributed by atoms with Crippen molar-refractivity contribution in [1.29, 1.82) is 0 Å². The molecule has 0 saturated heterocycles. The fourth-order valence-corrected chi connectivity index (χ4v) is 4.06. The van der Waals surface area contributed by atoms with E-state index >= 15 is 0 Å². The van der Waals surface area contributed by atoms with Crippen LogP contribution in [0.5, 0.6) is 5.75 Å². The third-order valence-electron chi connectivity index (χ3n) is 5.55. The maximum atomic E-state index is 12.6. The first-order valence-electron chi connectivity index (χ1n) is 9.24. The molecule has 4 nitrogen and oxygen atoms in total. The molecule has 0 bridgehead atoms. The smallest absolute Gasteiger partial charge is 0.222 e. The molecule has 1 spiro atoms. The minimum atomic E-state index is -0.220. The van der Waals surface area contributed by atoms with E-state index in [1.54, 1.807) is 0 Å². The van der Waals surface area contributed by atoms with Crippen LogP contribution in [0.4, 0.5) is 0 Å². The van der Waals surface area contributed by atoms with Gasteiger partial charge in [0.2, 0.25) is 5.91 Å². The van der Waals surface area contributed by atoms with Crippen LogP contribution in [-0.2, 0) is 11.3 Å². The second-order valence-corrected chi connectivity index (χ2v) is 7.59. The highest BCUT2D eigenvalue weighted by atomic mass is 16.5. The molecule has 1 amide bonds. The third-order valence-corrected chi connectivity index (χ3v) is 5.55. The van der Waals surface area contributed by atoms with Gasteiger partial charge in [-0.05, 0) is 52.3 Å². The summed E-state index contributed by atoms with van der Waals surface area (Å²) in [5, 5.41) is 0. The second kappa shape index (κ2) is 7.14. The minimum absolute atomic E-state index is 0.220. The molecule has 0 atom stereocenters. The Bertz CT molecular complexity index is 577. The molecule has 2 aliphatic rings. The maximum Gasteiger partial charge on any atom is 0.222 e. The highest BCUT2D eigenvalue weighted by Crippen LogP contribution is 2.39. The first kappa shape index (κ1) is 17.3. The van der Waals surface area contributed by atoms with Gasteiger partial charge in [0.25, 0.3) is 0 Å². The Morgan fingerprint density at radius 2 is 2.00 bits per heavy atom. The number of para-hydroxylation sites is 1. The van der Waals surface area contributed by atoms with E-state index in [0.717, 1.165) is 50.0 Å².